The molecule has 0 saturated carbocycles. The van der Waals surface area contributed by atoms with Crippen LogP contribution >= 0.6 is 0 Å². The van der Waals surface area contributed by atoms with Gasteiger partial charge in [0.05, 0.1) is 5.56 Å². The van der Waals surface area contributed by atoms with Gasteiger partial charge in [-0.3, -0.25) is 9.59 Å². The fourth-order valence-electron chi connectivity index (χ4n) is 3.25. The molecular weight excluding hydrogens is 344 g/mol. The Balaban J connectivity index is 1.53. The maximum absolute atomic E-state index is 12.4. The number of anilines is 1. The third-order valence-electron chi connectivity index (χ3n) is 4.87. The van der Waals surface area contributed by atoms with Crippen LogP contribution in [0.3, 0.4) is 0 Å². The number of carbonyl (C=O) groups excluding carboxylic acids is 2. The molecule has 2 aromatic carbocycles. The fraction of sp³-hybridized carbons (Fsp3) is 0.286. The second kappa shape index (κ2) is 8.03. The summed E-state index contributed by atoms with van der Waals surface area (Å²) in [4.78, 5) is 37.1. The summed E-state index contributed by atoms with van der Waals surface area (Å²) in [6, 6.07) is 14.2. The van der Waals surface area contributed by atoms with E-state index in [1.807, 2.05) is 24.3 Å². The number of carboxylic acids is 1. The molecule has 27 heavy (non-hydrogen) atoms. The Morgan fingerprint density at radius 2 is 1.85 bits per heavy atom. The summed E-state index contributed by atoms with van der Waals surface area (Å²) in [5.74, 6) is -1.25. The van der Waals surface area contributed by atoms with Crippen molar-refractivity contribution in [1.29, 1.82) is 0 Å². The van der Waals surface area contributed by atoms with E-state index in [1.165, 1.54) is 12.1 Å². The number of para-hydroxylation sites is 1. The van der Waals surface area contributed by atoms with Gasteiger partial charge in [-0.15, -0.1) is 0 Å². The van der Waals surface area contributed by atoms with Crippen molar-refractivity contribution in [2.75, 3.05) is 12.4 Å². The van der Waals surface area contributed by atoms with Crippen molar-refractivity contribution < 1.29 is 19.5 Å². The van der Waals surface area contributed by atoms with Gasteiger partial charge >= 0.3 is 5.97 Å². The highest BCUT2D eigenvalue weighted by Crippen LogP contribution is 2.27. The van der Waals surface area contributed by atoms with Crippen LogP contribution in [0.4, 0.5) is 5.69 Å². The van der Waals surface area contributed by atoms with Gasteiger partial charge < -0.3 is 15.3 Å². The summed E-state index contributed by atoms with van der Waals surface area (Å²) in [5, 5.41) is 11.8. The average molecular weight is 366 g/mol. The molecule has 0 bridgehead atoms. The summed E-state index contributed by atoms with van der Waals surface area (Å²) in [5.41, 5.74) is 3.03. The van der Waals surface area contributed by atoms with Crippen LogP contribution < -0.4 is 5.32 Å². The Labute approximate surface area is 157 Å². The molecule has 0 spiro atoms. The van der Waals surface area contributed by atoms with Crippen LogP contribution in [0.25, 0.3) is 0 Å². The van der Waals surface area contributed by atoms with Crippen molar-refractivity contribution in [3.8, 4) is 0 Å². The zero-order valence-electron chi connectivity index (χ0n) is 15.1. The molecule has 0 fully saturated rings. The zero-order valence-corrected chi connectivity index (χ0v) is 15.1. The van der Waals surface area contributed by atoms with E-state index in [2.05, 4.69) is 5.32 Å². The number of hydrogen-bond donors (Lipinski definition) is 2. The molecule has 2 N–H and O–H groups in total. The van der Waals surface area contributed by atoms with E-state index in [4.69, 9.17) is 5.11 Å². The van der Waals surface area contributed by atoms with Gasteiger partial charge in [0.15, 0.2) is 0 Å². The van der Waals surface area contributed by atoms with Gasteiger partial charge in [-0.2, -0.15) is 0 Å². The molecule has 1 atom stereocenters. The van der Waals surface area contributed by atoms with E-state index >= 15 is 0 Å². The van der Waals surface area contributed by atoms with Crippen molar-refractivity contribution in [3.05, 3.63) is 65.2 Å². The van der Waals surface area contributed by atoms with Crippen molar-refractivity contribution in [3.63, 3.8) is 0 Å². The van der Waals surface area contributed by atoms with E-state index in [-0.39, 0.29) is 23.3 Å². The van der Waals surface area contributed by atoms with E-state index in [1.54, 1.807) is 24.1 Å². The number of nitrogens with zero attached hydrogens (tertiary/aromatic N) is 1. The molecule has 140 valence electrons. The molecule has 1 aliphatic heterocycles. The number of rotatable bonds is 6. The van der Waals surface area contributed by atoms with Crippen LogP contribution in [0, 0.1) is 5.92 Å². The first-order valence-corrected chi connectivity index (χ1v) is 8.89. The molecule has 1 heterocycles. The number of amides is 2. The molecule has 1 aliphatic rings. The van der Waals surface area contributed by atoms with Gasteiger partial charge in [-0.1, -0.05) is 30.3 Å². The number of carboxylic acid groups (broad SMARTS) is 1. The lowest BCUT2D eigenvalue weighted by atomic mass is 9.89. The monoisotopic (exact) mass is 366 g/mol. The molecule has 0 aromatic heterocycles. The molecule has 2 aromatic rings. The maximum Gasteiger partial charge on any atom is 0.335 e. The maximum atomic E-state index is 12.4. The summed E-state index contributed by atoms with van der Waals surface area (Å²) < 4.78 is 0. The average Bonchev–Trinajstić information content (AvgIpc) is 2.66. The van der Waals surface area contributed by atoms with E-state index in [0.29, 0.717) is 25.8 Å². The smallest absolute Gasteiger partial charge is 0.335 e. The predicted octanol–water partition coefficient (Wildman–Crippen LogP) is 2.93. The molecule has 0 saturated heterocycles. The Bertz CT molecular complexity index is 861. The number of carbonyl (C=O) groups is 3. The number of fused-ring (bicyclic) bond motifs is 1. The lowest BCUT2D eigenvalue weighted by Gasteiger charge is -2.25. The molecule has 0 unspecified atom stereocenters. The normalized spacial score (nSPS) is 15.6. The first-order valence-electron chi connectivity index (χ1n) is 8.89. The van der Waals surface area contributed by atoms with Gasteiger partial charge in [0.2, 0.25) is 11.8 Å². The Hall–Kier alpha value is -3.15. The summed E-state index contributed by atoms with van der Waals surface area (Å²) in [6.07, 6.45) is 1.45. The summed E-state index contributed by atoms with van der Waals surface area (Å²) in [7, 11) is 1.71. The van der Waals surface area contributed by atoms with Crippen molar-refractivity contribution >= 4 is 23.5 Å². The Morgan fingerprint density at radius 3 is 2.56 bits per heavy atom. The number of hydrogen-bond acceptors (Lipinski definition) is 3. The van der Waals surface area contributed by atoms with Crippen LogP contribution in [-0.4, -0.2) is 34.8 Å². The minimum Gasteiger partial charge on any atom is -0.478 e. The van der Waals surface area contributed by atoms with Crippen LogP contribution in [0.2, 0.25) is 0 Å². The number of aromatic carboxylic acids is 1. The zero-order chi connectivity index (χ0) is 19.4. The fourth-order valence-corrected chi connectivity index (χ4v) is 3.25. The third-order valence-corrected chi connectivity index (χ3v) is 4.87. The minimum absolute atomic E-state index is 0.0339. The van der Waals surface area contributed by atoms with Crippen LogP contribution in [0.1, 0.15) is 34.3 Å². The van der Waals surface area contributed by atoms with Crippen molar-refractivity contribution in [1.82, 2.24) is 4.90 Å². The van der Waals surface area contributed by atoms with Gasteiger partial charge in [0, 0.05) is 31.6 Å². The first-order chi connectivity index (χ1) is 12.9. The second-order valence-corrected chi connectivity index (χ2v) is 6.84. The van der Waals surface area contributed by atoms with E-state index in [9.17, 15) is 14.4 Å². The van der Waals surface area contributed by atoms with Gasteiger partial charge in [0.25, 0.3) is 0 Å². The molecule has 2 amide bonds. The lowest BCUT2D eigenvalue weighted by Crippen LogP contribution is -2.32. The van der Waals surface area contributed by atoms with Gasteiger partial charge in [0.1, 0.15) is 0 Å². The third kappa shape index (κ3) is 4.53. The minimum atomic E-state index is -0.974. The second-order valence-electron chi connectivity index (χ2n) is 6.84. The number of nitrogens with one attached hydrogen (secondary N) is 1. The van der Waals surface area contributed by atoms with E-state index in [0.717, 1.165) is 16.8 Å². The first kappa shape index (κ1) is 18.6. The van der Waals surface area contributed by atoms with Gasteiger partial charge in [-0.05, 0) is 42.2 Å². The SMILES string of the molecule is CN(Cc1ccc(C(=O)O)cc1)C(=O)CC[C@@H]1Cc2ccccc2NC1=O. The molecule has 6 nitrogen and oxygen atoms in total. The number of benzene rings is 2. The quantitative estimate of drug-likeness (QED) is 0.823. The Kier molecular flexibility index (Phi) is 5.54. The van der Waals surface area contributed by atoms with Crippen LogP contribution in [0.5, 0.6) is 0 Å². The lowest BCUT2D eigenvalue weighted by molar-refractivity contribution is -0.131. The highest BCUT2D eigenvalue weighted by Gasteiger charge is 2.26. The molecule has 0 aliphatic carbocycles. The topological polar surface area (TPSA) is 86.7 Å². The molecule has 0 radical (unpaired) electrons. The summed E-state index contributed by atoms with van der Waals surface area (Å²) in [6.45, 7) is 0.401. The van der Waals surface area contributed by atoms with Crippen LogP contribution in [-0.2, 0) is 22.6 Å². The van der Waals surface area contributed by atoms with Crippen LogP contribution in [0.15, 0.2) is 48.5 Å². The van der Waals surface area contributed by atoms with E-state index < -0.39 is 5.97 Å². The summed E-state index contributed by atoms with van der Waals surface area (Å²) >= 11 is 0. The van der Waals surface area contributed by atoms with Gasteiger partial charge in [-0.25, -0.2) is 4.79 Å². The molecule has 3 rings (SSSR count). The van der Waals surface area contributed by atoms with Crippen molar-refractivity contribution in [2.45, 2.75) is 25.8 Å². The largest absolute Gasteiger partial charge is 0.478 e. The van der Waals surface area contributed by atoms with Crippen molar-refractivity contribution in [2.24, 2.45) is 5.92 Å². The molecular formula is C21H22N2O4. The highest BCUT2D eigenvalue weighted by atomic mass is 16.4. The highest BCUT2D eigenvalue weighted by molar-refractivity contribution is 5.96. The Morgan fingerprint density at radius 1 is 1.15 bits per heavy atom. The predicted molar refractivity (Wildman–Crippen MR) is 101 cm³/mol. The molecule has 6 heteroatoms. The standard InChI is InChI=1S/C21H22N2O4/c1-23(13-14-6-8-15(9-7-14)21(26)27)19(24)11-10-17-12-16-4-2-3-5-18(16)22-20(17)25/h2-9,17H,10-13H2,1H3,(H,22,25)(H,26,27)/t17-/m1/s1.